The monoisotopic (exact) mass is 319 g/mol. The summed E-state index contributed by atoms with van der Waals surface area (Å²) in [5.74, 6) is 0. The maximum atomic E-state index is 11.9. The number of anilines is 1. The Morgan fingerprint density at radius 3 is 2.45 bits per heavy atom. The third kappa shape index (κ3) is 4.51. The van der Waals surface area contributed by atoms with E-state index in [4.69, 9.17) is 0 Å². The van der Waals surface area contributed by atoms with Crippen LogP contribution in [-0.2, 0) is 0 Å². The lowest BCUT2D eigenvalue weighted by molar-refractivity contribution is 0.243. The molecule has 1 heterocycles. The van der Waals surface area contributed by atoms with E-state index >= 15 is 0 Å². The molecule has 7 heteroatoms. The maximum Gasteiger partial charge on any atom is 0.321 e. The fourth-order valence-electron chi connectivity index (χ4n) is 2.06. The van der Waals surface area contributed by atoms with E-state index in [-0.39, 0.29) is 12.1 Å². The van der Waals surface area contributed by atoms with E-state index < -0.39 is 0 Å². The van der Waals surface area contributed by atoms with Crippen molar-refractivity contribution in [1.82, 2.24) is 20.4 Å². The van der Waals surface area contributed by atoms with Crippen molar-refractivity contribution in [2.45, 2.75) is 19.9 Å². The van der Waals surface area contributed by atoms with Crippen LogP contribution >= 0.6 is 11.3 Å². The molecular weight excluding hydrogens is 298 g/mol. The predicted molar refractivity (Wildman–Crippen MR) is 89.3 cm³/mol. The van der Waals surface area contributed by atoms with Gasteiger partial charge in [-0.05, 0) is 33.5 Å². The second-order valence-electron chi connectivity index (χ2n) is 5.35. The summed E-state index contributed by atoms with van der Waals surface area (Å²) in [4.78, 5) is 14.0. The van der Waals surface area contributed by atoms with Crippen molar-refractivity contribution < 1.29 is 4.79 Å². The van der Waals surface area contributed by atoms with Crippen LogP contribution in [0.1, 0.15) is 22.2 Å². The Bertz CT molecular complexity index is 623. The van der Waals surface area contributed by atoms with Gasteiger partial charge in [-0.1, -0.05) is 41.2 Å². The van der Waals surface area contributed by atoms with Gasteiger partial charge in [-0.3, -0.25) is 5.32 Å². The van der Waals surface area contributed by atoms with Crippen molar-refractivity contribution >= 4 is 22.5 Å². The Morgan fingerprint density at radius 2 is 1.91 bits per heavy atom. The number of rotatable bonds is 5. The Hall–Kier alpha value is -1.99. The van der Waals surface area contributed by atoms with Crippen LogP contribution in [0.5, 0.6) is 0 Å². The van der Waals surface area contributed by atoms with Crippen molar-refractivity contribution in [1.29, 1.82) is 0 Å². The zero-order valence-corrected chi connectivity index (χ0v) is 14.1. The molecule has 0 radical (unpaired) electrons. The minimum atomic E-state index is -0.268. The van der Waals surface area contributed by atoms with E-state index in [0.717, 1.165) is 5.01 Å². The summed E-state index contributed by atoms with van der Waals surface area (Å²) in [5, 5.41) is 14.6. The highest BCUT2D eigenvalue weighted by Crippen LogP contribution is 2.18. The van der Waals surface area contributed by atoms with Crippen LogP contribution in [0, 0.1) is 13.8 Å². The number of hydrogen-bond donors (Lipinski definition) is 2. The van der Waals surface area contributed by atoms with Gasteiger partial charge in [-0.2, -0.15) is 0 Å². The molecule has 2 N–H and O–H groups in total. The minimum absolute atomic E-state index is 0.113. The van der Waals surface area contributed by atoms with Crippen molar-refractivity contribution in [3.8, 4) is 0 Å². The van der Waals surface area contributed by atoms with E-state index in [1.165, 1.54) is 22.5 Å². The van der Waals surface area contributed by atoms with E-state index in [2.05, 4.69) is 56.9 Å². The van der Waals surface area contributed by atoms with Gasteiger partial charge in [0.15, 0.2) is 0 Å². The van der Waals surface area contributed by atoms with Crippen LogP contribution in [-0.4, -0.2) is 41.8 Å². The highest BCUT2D eigenvalue weighted by atomic mass is 32.1. The molecule has 22 heavy (non-hydrogen) atoms. The standard InChI is InChI=1S/C15H21N5OS/c1-10-5-7-12(8-6-10)13(20(3)4)9-16-14(21)17-15-19-18-11(2)22-15/h5-8,13H,9H2,1-4H3,(H2,16,17,19,21)/t13-/m1/s1. The second-order valence-corrected chi connectivity index (χ2v) is 6.53. The smallest absolute Gasteiger partial charge is 0.321 e. The fourth-order valence-corrected chi connectivity index (χ4v) is 2.65. The first-order valence-electron chi connectivity index (χ1n) is 7.03. The van der Waals surface area contributed by atoms with Crippen LogP contribution in [0.4, 0.5) is 9.93 Å². The molecule has 1 atom stereocenters. The average molecular weight is 319 g/mol. The molecular formula is C15H21N5OS. The molecule has 6 nitrogen and oxygen atoms in total. The maximum absolute atomic E-state index is 11.9. The molecule has 0 bridgehead atoms. The predicted octanol–water partition coefficient (Wildman–Crippen LogP) is 2.58. The number of nitrogens with zero attached hydrogens (tertiary/aromatic N) is 3. The van der Waals surface area contributed by atoms with Gasteiger partial charge in [0, 0.05) is 6.54 Å². The number of aryl methyl sites for hydroxylation is 2. The van der Waals surface area contributed by atoms with Crippen LogP contribution < -0.4 is 10.6 Å². The third-order valence-electron chi connectivity index (χ3n) is 3.29. The molecule has 1 aromatic heterocycles. The van der Waals surface area contributed by atoms with Crippen LogP contribution in [0.3, 0.4) is 0 Å². The molecule has 2 amide bonds. The molecule has 2 aromatic rings. The van der Waals surface area contributed by atoms with E-state index in [0.29, 0.717) is 11.7 Å². The SMILES string of the molecule is Cc1ccc([C@@H](CNC(=O)Nc2nnc(C)s2)N(C)C)cc1. The Balaban J connectivity index is 1.94. The molecule has 1 aromatic carbocycles. The number of benzene rings is 1. The summed E-state index contributed by atoms with van der Waals surface area (Å²) < 4.78 is 0. The summed E-state index contributed by atoms with van der Waals surface area (Å²) >= 11 is 1.35. The molecule has 0 aliphatic rings. The van der Waals surface area contributed by atoms with E-state index in [9.17, 15) is 4.79 Å². The zero-order chi connectivity index (χ0) is 16.1. The Labute approximate surface area is 134 Å². The van der Waals surface area contributed by atoms with Gasteiger partial charge >= 0.3 is 6.03 Å². The number of hydrogen-bond acceptors (Lipinski definition) is 5. The first kappa shape index (κ1) is 16.4. The van der Waals surface area contributed by atoms with Crippen molar-refractivity contribution in [2.75, 3.05) is 26.0 Å². The highest BCUT2D eigenvalue weighted by Gasteiger charge is 2.15. The van der Waals surface area contributed by atoms with Gasteiger partial charge < -0.3 is 10.2 Å². The van der Waals surface area contributed by atoms with Gasteiger partial charge in [-0.15, -0.1) is 10.2 Å². The average Bonchev–Trinajstić information content (AvgIpc) is 2.86. The normalized spacial score (nSPS) is 12.2. The number of aromatic nitrogens is 2. The minimum Gasteiger partial charge on any atom is -0.336 e. The number of amides is 2. The molecule has 118 valence electrons. The van der Waals surface area contributed by atoms with Gasteiger partial charge in [0.1, 0.15) is 5.01 Å². The molecule has 0 saturated carbocycles. The molecule has 0 aliphatic carbocycles. The number of nitrogens with one attached hydrogen (secondary N) is 2. The summed E-state index contributed by atoms with van der Waals surface area (Å²) in [6.07, 6.45) is 0. The quantitative estimate of drug-likeness (QED) is 0.888. The molecule has 0 aliphatic heterocycles. The topological polar surface area (TPSA) is 70.1 Å². The lowest BCUT2D eigenvalue weighted by Crippen LogP contribution is -2.36. The third-order valence-corrected chi connectivity index (χ3v) is 4.04. The molecule has 0 saturated heterocycles. The zero-order valence-electron chi connectivity index (χ0n) is 13.3. The van der Waals surface area contributed by atoms with Gasteiger partial charge in [0.25, 0.3) is 0 Å². The fraction of sp³-hybridized carbons (Fsp3) is 0.400. The van der Waals surface area contributed by atoms with Gasteiger partial charge in [0.2, 0.25) is 5.13 Å². The molecule has 2 rings (SSSR count). The van der Waals surface area contributed by atoms with Gasteiger partial charge in [0.05, 0.1) is 6.04 Å². The summed E-state index contributed by atoms with van der Waals surface area (Å²) in [6, 6.07) is 8.19. The summed E-state index contributed by atoms with van der Waals surface area (Å²) in [6.45, 7) is 4.42. The van der Waals surface area contributed by atoms with Crippen molar-refractivity contribution in [3.63, 3.8) is 0 Å². The highest BCUT2D eigenvalue weighted by molar-refractivity contribution is 7.15. The van der Waals surface area contributed by atoms with Crippen LogP contribution in [0.2, 0.25) is 0 Å². The van der Waals surface area contributed by atoms with E-state index in [1.807, 2.05) is 21.0 Å². The van der Waals surface area contributed by atoms with Crippen molar-refractivity contribution in [3.05, 3.63) is 40.4 Å². The first-order valence-corrected chi connectivity index (χ1v) is 7.85. The number of carbonyl (C=O) groups excluding carboxylic acids is 1. The number of urea groups is 1. The van der Waals surface area contributed by atoms with Gasteiger partial charge in [-0.25, -0.2) is 4.79 Å². The lowest BCUT2D eigenvalue weighted by atomic mass is 10.0. The van der Waals surface area contributed by atoms with Crippen LogP contribution in [0.15, 0.2) is 24.3 Å². The second kappa shape index (κ2) is 7.33. The van der Waals surface area contributed by atoms with Crippen molar-refractivity contribution in [2.24, 2.45) is 0 Å². The molecule has 0 unspecified atom stereocenters. The summed E-state index contributed by atoms with van der Waals surface area (Å²) in [7, 11) is 4.00. The van der Waals surface area contributed by atoms with E-state index in [1.54, 1.807) is 0 Å². The largest absolute Gasteiger partial charge is 0.336 e. The number of likely N-dealkylation sites (N-methyl/N-ethyl adjacent to an activating group) is 1. The van der Waals surface area contributed by atoms with Crippen LogP contribution in [0.25, 0.3) is 0 Å². The Morgan fingerprint density at radius 1 is 1.23 bits per heavy atom. The lowest BCUT2D eigenvalue weighted by Gasteiger charge is -2.25. The summed E-state index contributed by atoms with van der Waals surface area (Å²) in [5.41, 5.74) is 2.39. The Kier molecular flexibility index (Phi) is 5.46. The molecule has 0 fully saturated rings. The molecule has 0 spiro atoms. The first-order chi connectivity index (χ1) is 10.5. The number of carbonyl (C=O) groups is 1.